The molecule has 34 heavy (non-hydrogen) atoms. The molecule has 0 atom stereocenters. The van der Waals surface area contributed by atoms with Crippen LogP contribution in [-0.2, 0) is 9.59 Å². The number of carbonyl (C=O) groups excluding carboxylic acids is 2. The Morgan fingerprint density at radius 1 is 0.765 bits per heavy atom. The van der Waals surface area contributed by atoms with Crippen LogP contribution in [0.3, 0.4) is 0 Å². The van der Waals surface area contributed by atoms with Crippen LogP contribution < -0.4 is 24.4 Å². The maximum atomic E-state index is 14.5. The molecule has 174 valence electrons. The largest absolute Gasteiger partial charge is 0.497 e. The molecule has 1 heterocycles. The highest BCUT2D eigenvalue weighted by Crippen LogP contribution is 2.37. The Balaban J connectivity index is 1.82. The van der Waals surface area contributed by atoms with Gasteiger partial charge in [-0.25, -0.2) is 13.7 Å². The van der Waals surface area contributed by atoms with Crippen LogP contribution in [-0.4, -0.2) is 33.1 Å². The second-order valence-electron chi connectivity index (χ2n) is 7.21. The molecule has 9 heteroatoms. The Morgan fingerprint density at radius 2 is 1.47 bits per heavy atom. The van der Waals surface area contributed by atoms with E-state index in [1.165, 1.54) is 21.3 Å². The van der Waals surface area contributed by atoms with Crippen LogP contribution in [0, 0.1) is 11.6 Å². The lowest BCUT2D eigenvalue weighted by Gasteiger charge is -2.16. The molecule has 0 aromatic heterocycles. The first kappa shape index (κ1) is 22.8. The number of amides is 2. The molecule has 1 aliphatic heterocycles. The van der Waals surface area contributed by atoms with E-state index < -0.39 is 23.4 Å². The van der Waals surface area contributed by atoms with Crippen LogP contribution in [0.4, 0.5) is 20.2 Å². The van der Waals surface area contributed by atoms with Gasteiger partial charge in [0.25, 0.3) is 11.8 Å². The molecule has 7 nitrogen and oxygen atoms in total. The zero-order chi connectivity index (χ0) is 24.4. The van der Waals surface area contributed by atoms with Crippen LogP contribution >= 0.6 is 0 Å². The molecule has 0 saturated heterocycles. The molecular weight excluding hydrogens is 446 g/mol. The normalized spacial score (nSPS) is 13.4. The molecule has 1 N–H and O–H groups in total. The minimum Gasteiger partial charge on any atom is -0.497 e. The summed E-state index contributed by atoms with van der Waals surface area (Å²) in [6.07, 6.45) is 0. The quantitative estimate of drug-likeness (QED) is 0.521. The third kappa shape index (κ3) is 4.03. The molecule has 3 aromatic carbocycles. The summed E-state index contributed by atoms with van der Waals surface area (Å²) in [4.78, 5) is 27.5. The number of hydrogen-bond donors (Lipinski definition) is 1. The molecule has 0 aliphatic carbocycles. The summed E-state index contributed by atoms with van der Waals surface area (Å²) in [7, 11) is 4.46. The van der Waals surface area contributed by atoms with Gasteiger partial charge in [0.1, 0.15) is 23.1 Å². The van der Waals surface area contributed by atoms with E-state index in [1.807, 2.05) is 0 Å². The van der Waals surface area contributed by atoms with Crippen LogP contribution in [0.15, 0.2) is 66.4 Å². The summed E-state index contributed by atoms with van der Waals surface area (Å²) in [5, 5.41) is 2.96. The Bertz CT molecular complexity index is 1310. The number of benzene rings is 3. The minimum absolute atomic E-state index is 0.0196. The first-order chi connectivity index (χ1) is 16.4. The summed E-state index contributed by atoms with van der Waals surface area (Å²) >= 11 is 0. The van der Waals surface area contributed by atoms with Gasteiger partial charge in [-0.2, -0.15) is 0 Å². The van der Waals surface area contributed by atoms with Gasteiger partial charge in [0.15, 0.2) is 11.5 Å². The first-order valence-electron chi connectivity index (χ1n) is 10.1. The molecular formula is C25H20F2N2O5. The molecule has 0 radical (unpaired) electrons. The minimum atomic E-state index is -1.04. The molecule has 0 bridgehead atoms. The van der Waals surface area contributed by atoms with E-state index in [9.17, 15) is 18.4 Å². The van der Waals surface area contributed by atoms with Crippen molar-refractivity contribution in [3.63, 3.8) is 0 Å². The zero-order valence-corrected chi connectivity index (χ0v) is 18.5. The van der Waals surface area contributed by atoms with Crippen LogP contribution in [0.25, 0.3) is 5.57 Å². The number of ether oxygens (including phenoxy) is 3. The Hall–Kier alpha value is -4.40. The van der Waals surface area contributed by atoms with Crippen molar-refractivity contribution < 1.29 is 32.6 Å². The van der Waals surface area contributed by atoms with Gasteiger partial charge < -0.3 is 19.5 Å². The van der Waals surface area contributed by atoms with Crippen LogP contribution in [0.5, 0.6) is 17.2 Å². The Morgan fingerprint density at radius 3 is 2.09 bits per heavy atom. The predicted molar refractivity (Wildman–Crippen MR) is 122 cm³/mol. The summed E-state index contributed by atoms with van der Waals surface area (Å²) in [6.45, 7) is 0. The van der Waals surface area contributed by atoms with Crippen molar-refractivity contribution in [3.05, 3.63) is 83.6 Å². The summed E-state index contributed by atoms with van der Waals surface area (Å²) in [5.41, 5.74) is 0.428. The van der Waals surface area contributed by atoms with Gasteiger partial charge in [-0.1, -0.05) is 12.1 Å². The average molecular weight is 466 g/mol. The molecule has 0 fully saturated rings. The van der Waals surface area contributed by atoms with Crippen molar-refractivity contribution >= 4 is 28.8 Å². The maximum absolute atomic E-state index is 14.5. The lowest BCUT2D eigenvalue weighted by molar-refractivity contribution is -0.120. The van der Waals surface area contributed by atoms with E-state index in [4.69, 9.17) is 14.2 Å². The van der Waals surface area contributed by atoms with Gasteiger partial charge in [0.05, 0.1) is 32.6 Å². The first-order valence-corrected chi connectivity index (χ1v) is 10.1. The monoisotopic (exact) mass is 466 g/mol. The molecule has 4 rings (SSSR count). The lowest BCUT2D eigenvalue weighted by Crippen LogP contribution is -2.33. The van der Waals surface area contributed by atoms with Crippen molar-refractivity contribution in [2.45, 2.75) is 0 Å². The van der Waals surface area contributed by atoms with Crippen molar-refractivity contribution in [1.82, 2.24) is 0 Å². The van der Waals surface area contributed by atoms with Crippen LogP contribution in [0.2, 0.25) is 0 Å². The number of halogens is 2. The molecule has 3 aromatic rings. The summed E-state index contributed by atoms with van der Waals surface area (Å²) < 4.78 is 43.7. The van der Waals surface area contributed by atoms with Crippen LogP contribution in [0.1, 0.15) is 5.56 Å². The molecule has 0 unspecified atom stereocenters. The fraction of sp³-hybridized carbons (Fsp3) is 0.120. The number of rotatable bonds is 7. The second-order valence-corrected chi connectivity index (χ2v) is 7.21. The number of methoxy groups -OCH3 is 3. The number of carbonyl (C=O) groups is 2. The van der Waals surface area contributed by atoms with Gasteiger partial charge >= 0.3 is 0 Å². The fourth-order valence-corrected chi connectivity index (χ4v) is 3.61. The second kappa shape index (κ2) is 9.22. The van der Waals surface area contributed by atoms with E-state index in [0.29, 0.717) is 39.5 Å². The van der Waals surface area contributed by atoms with E-state index in [1.54, 1.807) is 42.5 Å². The van der Waals surface area contributed by atoms with Gasteiger partial charge in [0, 0.05) is 17.8 Å². The summed E-state index contributed by atoms with van der Waals surface area (Å²) in [6, 6.07) is 14.0. The molecule has 1 aliphatic rings. The van der Waals surface area contributed by atoms with Gasteiger partial charge in [0.2, 0.25) is 0 Å². The SMILES string of the molecule is COc1ccc(C2=C(Nc3ccc(OC)c(OC)c3)C(=O)N(c3ccc(F)cc3F)C2=O)cc1. The fourth-order valence-electron chi connectivity index (χ4n) is 3.61. The van der Waals surface area contributed by atoms with Crippen molar-refractivity contribution in [2.24, 2.45) is 0 Å². The van der Waals surface area contributed by atoms with Gasteiger partial charge in [-0.15, -0.1) is 0 Å². The zero-order valence-electron chi connectivity index (χ0n) is 18.5. The van der Waals surface area contributed by atoms with E-state index >= 15 is 0 Å². The van der Waals surface area contributed by atoms with E-state index in [2.05, 4.69) is 5.32 Å². The third-order valence-corrected chi connectivity index (χ3v) is 5.27. The smallest absolute Gasteiger partial charge is 0.282 e. The highest BCUT2D eigenvalue weighted by Gasteiger charge is 2.41. The number of anilines is 2. The van der Waals surface area contributed by atoms with Crippen molar-refractivity contribution in [2.75, 3.05) is 31.5 Å². The predicted octanol–water partition coefficient (Wildman–Crippen LogP) is 4.39. The van der Waals surface area contributed by atoms with Crippen molar-refractivity contribution in [1.29, 1.82) is 0 Å². The average Bonchev–Trinajstić information content (AvgIpc) is 3.08. The Kier molecular flexibility index (Phi) is 6.18. The molecule has 0 spiro atoms. The number of nitrogens with one attached hydrogen (secondary N) is 1. The highest BCUT2D eigenvalue weighted by molar-refractivity contribution is 6.46. The third-order valence-electron chi connectivity index (χ3n) is 5.27. The lowest BCUT2D eigenvalue weighted by atomic mass is 10.0. The topological polar surface area (TPSA) is 77.1 Å². The van der Waals surface area contributed by atoms with E-state index in [0.717, 1.165) is 12.1 Å². The molecule has 0 saturated carbocycles. The van der Waals surface area contributed by atoms with Gasteiger partial charge in [-0.05, 0) is 42.0 Å². The van der Waals surface area contributed by atoms with Gasteiger partial charge in [-0.3, -0.25) is 9.59 Å². The number of hydrogen-bond acceptors (Lipinski definition) is 6. The maximum Gasteiger partial charge on any atom is 0.282 e. The highest BCUT2D eigenvalue weighted by atomic mass is 19.1. The standard InChI is InChI=1S/C25H20F2N2O5/c1-32-17-8-4-14(5-9-17)22-23(28-16-7-11-20(33-2)21(13-16)34-3)25(31)29(24(22)30)19-10-6-15(26)12-18(19)27/h4-13,28H,1-3H3. The summed E-state index contributed by atoms with van der Waals surface area (Å²) in [5.74, 6) is -1.99. The van der Waals surface area contributed by atoms with E-state index in [-0.39, 0.29) is 17.0 Å². The molecule has 2 amide bonds. The number of imide groups is 1. The Labute approximate surface area is 194 Å². The van der Waals surface area contributed by atoms with Crippen molar-refractivity contribution in [3.8, 4) is 17.2 Å². The number of nitrogens with zero attached hydrogens (tertiary/aromatic N) is 1.